The molecule has 0 aliphatic heterocycles. The van der Waals surface area contributed by atoms with Gasteiger partial charge in [-0.25, -0.2) is 4.79 Å². The lowest BCUT2D eigenvalue weighted by Crippen LogP contribution is -2.21. The fraction of sp³-hybridized carbons (Fsp3) is 0.143. The number of primary amides is 1. The number of carboxylic acid groups (broad SMARTS) is 1. The maximum Gasteiger partial charge on any atom is 0.490 e. The quantitative estimate of drug-likeness (QED) is 0.745. The molecule has 1 aromatic rings. The van der Waals surface area contributed by atoms with Gasteiger partial charge in [-0.1, -0.05) is 0 Å². The number of halogens is 3. The molecule has 0 fully saturated rings. The summed E-state index contributed by atoms with van der Waals surface area (Å²) < 4.78 is 36.4. The largest absolute Gasteiger partial charge is 0.490 e. The Morgan fingerprint density at radius 1 is 1.40 bits per heavy atom. The van der Waals surface area contributed by atoms with E-state index in [1.54, 1.807) is 6.07 Å². The number of carbonyl (C=O) groups is 2. The second kappa shape index (κ2) is 5.03. The fourth-order valence-electron chi connectivity index (χ4n) is 0.419. The van der Waals surface area contributed by atoms with Gasteiger partial charge in [-0.15, -0.1) is 0 Å². The average molecular weight is 225 g/mol. The topological polar surface area (TPSA) is 93.5 Å². The lowest BCUT2D eigenvalue weighted by atomic mass is 10.4. The third-order valence-corrected chi connectivity index (χ3v) is 1.01. The Bertz CT molecular complexity index is 331. The van der Waals surface area contributed by atoms with Crippen molar-refractivity contribution < 1.29 is 32.3 Å². The van der Waals surface area contributed by atoms with Gasteiger partial charge >= 0.3 is 12.1 Å². The Balaban J connectivity index is 0.000000265. The zero-order valence-corrected chi connectivity index (χ0v) is 7.12. The van der Waals surface area contributed by atoms with Crippen LogP contribution in [0, 0.1) is 0 Å². The summed E-state index contributed by atoms with van der Waals surface area (Å²) in [7, 11) is 0. The summed E-state index contributed by atoms with van der Waals surface area (Å²) in [6, 6.07) is 3.13. The van der Waals surface area contributed by atoms with E-state index in [2.05, 4.69) is 4.42 Å². The third-order valence-electron chi connectivity index (χ3n) is 1.01. The summed E-state index contributed by atoms with van der Waals surface area (Å²) in [4.78, 5) is 19.1. The van der Waals surface area contributed by atoms with Crippen LogP contribution in [-0.4, -0.2) is 23.2 Å². The summed E-state index contributed by atoms with van der Waals surface area (Å²) in [6.45, 7) is 0. The van der Waals surface area contributed by atoms with Crippen LogP contribution in [0.5, 0.6) is 0 Å². The van der Waals surface area contributed by atoms with Crippen molar-refractivity contribution >= 4 is 11.9 Å². The molecule has 15 heavy (non-hydrogen) atoms. The molecule has 0 aromatic carbocycles. The van der Waals surface area contributed by atoms with Crippen molar-refractivity contribution in [1.29, 1.82) is 0 Å². The molecule has 8 heteroatoms. The molecule has 0 radical (unpaired) electrons. The minimum atomic E-state index is -5.08. The van der Waals surface area contributed by atoms with Crippen LogP contribution in [0.4, 0.5) is 13.2 Å². The van der Waals surface area contributed by atoms with Crippen LogP contribution >= 0.6 is 0 Å². The lowest BCUT2D eigenvalue weighted by molar-refractivity contribution is -0.192. The number of furan rings is 1. The second-order valence-corrected chi connectivity index (χ2v) is 2.14. The van der Waals surface area contributed by atoms with E-state index in [-0.39, 0.29) is 5.76 Å². The number of rotatable bonds is 1. The molecular formula is C7H6F3NO4. The van der Waals surface area contributed by atoms with Crippen LogP contribution < -0.4 is 5.73 Å². The average Bonchev–Trinajstić information content (AvgIpc) is 2.54. The van der Waals surface area contributed by atoms with Gasteiger partial charge in [0, 0.05) is 0 Å². The van der Waals surface area contributed by atoms with E-state index in [1.165, 1.54) is 12.3 Å². The summed E-state index contributed by atoms with van der Waals surface area (Å²) in [5.74, 6) is -3.09. The van der Waals surface area contributed by atoms with E-state index in [9.17, 15) is 18.0 Å². The summed E-state index contributed by atoms with van der Waals surface area (Å²) in [6.07, 6.45) is -3.68. The van der Waals surface area contributed by atoms with Gasteiger partial charge in [0.25, 0.3) is 5.91 Å². The van der Waals surface area contributed by atoms with Gasteiger partial charge in [0.15, 0.2) is 5.76 Å². The zero-order chi connectivity index (χ0) is 12.1. The van der Waals surface area contributed by atoms with Gasteiger partial charge in [0.05, 0.1) is 6.26 Å². The molecule has 0 aliphatic rings. The van der Waals surface area contributed by atoms with Gasteiger partial charge in [0.1, 0.15) is 0 Å². The fourth-order valence-corrected chi connectivity index (χ4v) is 0.419. The van der Waals surface area contributed by atoms with Crippen LogP contribution in [0.25, 0.3) is 0 Å². The normalized spacial score (nSPS) is 10.1. The van der Waals surface area contributed by atoms with Crippen LogP contribution in [-0.2, 0) is 4.79 Å². The number of carbonyl (C=O) groups excluding carboxylic acids is 1. The zero-order valence-electron chi connectivity index (χ0n) is 7.12. The first-order valence-corrected chi connectivity index (χ1v) is 3.38. The smallest absolute Gasteiger partial charge is 0.475 e. The molecule has 0 saturated heterocycles. The highest BCUT2D eigenvalue weighted by Gasteiger charge is 2.38. The standard InChI is InChI=1S/C5H5NO2.C2HF3O2/c6-5(7)4-2-1-3-8-4;3-2(4,5)1(6)7/h1-3H,(H2,6,7);(H,6,7). The van der Waals surface area contributed by atoms with E-state index in [1.807, 2.05) is 0 Å². The van der Waals surface area contributed by atoms with Crippen molar-refractivity contribution in [3.05, 3.63) is 24.2 Å². The van der Waals surface area contributed by atoms with Crippen molar-refractivity contribution in [1.82, 2.24) is 0 Å². The van der Waals surface area contributed by atoms with Crippen molar-refractivity contribution in [2.24, 2.45) is 5.73 Å². The highest BCUT2D eigenvalue weighted by molar-refractivity contribution is 5.89. The minimum Gasteiger partial charge on any atom is -0.475 e. The molecule has 0 atom stereocenters. The van der Waals surface area contributed by atoms with E-state index < -0.39 is 18.1 Å². The number of hydrogen-bond acceptors (Lipinski definition) is 3. The molecule has 1 heterocycles. The maximum atomic E-state index is 10.6. The van der Waals surface area contributed by atoms with Crippen molar-refractivity contribution in [2.75, 3.05) is 0 Å². The van der Waals surface area contributed by atoms with E-state index >= 15 is 0 Å². The van der Waals surface area contributed by atoms with E-state index in [0.717, 1.165) is 0 Å². The first-order chi connectivity index (χ1) is 6.75. The number of carboxylic acids is 1. The van der Waals surface area contributed by atoms with Gasteiger partial charge in [0.2, 0.25) is 0 Å². The number of aliphatic carboxylic acids is 1. The Hall–Kier alpha value is -1.99. The number of alkyl halides is 3. The lowest BCUT2D eigenvalue weighted by Gasteiger charge is -1.93. The van der Waals surface area contributed by atoms with Gasteiger partial charge in [-0.2, -0.15) is 13.2 Å². The Kier molecular flexibility index (Phi) is 4.36. The van der Waals surface area contributed by atoms with Crippen LogP contribution in [0.2, 0.25) is 0 Å². The Morgan fingerprint density at radius 2 is 1.87 bits per heavy atom. The van der Waals surface area contributed by atoms with Crippen molar-refractivity contribution in [3.63, 3.8) is 0 Å². The first kappa shape index (κ1) is 13.0. The Labute approximate surface area is 81.3 Å². The summed E-state index contributed by atoms with van der Waals surface area (Å²) >= 11 is 0. The maximum absolute atomic E-state index is 10.6. The SMILES string of the molecule is NC(=O)c1ccco1.O=C(O)C(F)(F)F. The van der Waals surface area contributed by atoms with Gasteiger partial charge in [-0.05, 0) is 12.1 Å². The predicted molar refractivity (Wildman–Crippen MR) is 40.9 cm³/mol. The highest BCUT2D eigenvalue weighted by atomic mass is 19.4. The van der Waals surface area contributed by atoms with Gasteiger partial charge in [-0.3, -0.25) is 4.79 Å². The first-order valence-electron chi connectivity index (χ1n) is 3.38. The van der Waals surface area contributed by atoms with Crippen LogP contribution in [0.3, 0.4) is 0 Å². The molecule has 0 saturated carbocycles. The second-order valence-electron chi connectivity index (χ2n) is 2.14. The molecule has 3 N–H and O–H groups in total. The number of amides is 1. The molecule has 0 unspecified atom stereocenters. The molecular weight excluding hydrogens is 219 g/mol. The Morgan fingerprint density at radius 3 is 2.00 bits per heavy atom. The van der Waals surface area contributed by atoms with E-state index in [4.69, 9.17) is 15.6 Å². The minimum absolute atomic E-state index is 0.199. The van der Waals surface area contributed by atoms with Crippen molar-refractivity contribution in [3.8, 4) is 0 Å². The summed E-state index contributed by atoms with van der Waals surface area (Å²) in [5.41, 5.74) is 4.83. The highest BCUT2D eigenvalue weighted by Crippen LogP contribution is 2.13. The third kappa shape index (κ3) is 5.34. The van der Waals surface area contributed by atoms with Crippen molar-refractivity contribution in [2.45, 2.75) is 6.18 Å². The molecule has 1 amide bonds. The summed E-state index contributed by atoms with van der Waals surface area (Å²) in [5, 5.41) is 7.12. The molecule has 1 aromatic heterocycles. The predicted octanol–water partition coefficient (Wildman–Crippen LogP) is 1.01. The van der Waals surface area contributed by atoms with E-state index in [0.29, 0.717) is 0 Å². The molecule has 5 nitrogen and oxygen atoms in total. The number of nitrogens with two attached hydrogens (primary N) is 1. The molecule has 1 rings (SSSR count). The van der Waals surface area contributed by atoms with Crippen LogP contribution in [0.15, 0.2) is 22.8 Å². The van der Waals surface area contributed by atoms with Gasteiger partial charge < -0.3 is 15.3 Å². The molecule has 0 bridgehead atoms. The molecule has 0 spiro atoms. The molecule has 84 valence electrons. The number of hydrogen-bond donors (Lipinski definition) is 2. The monoisotopic (exact) mass is 225 g/mol. The van der Waals surface area contributed by atoms with Crippen LogP contribution in [0.1, 0.15) is 10.6 Å². The molecule has 0 aliphatic carbocycles.